The number of fused-ring (bicyclic) bond motifs is 3. The molecule has 0 spiro atoms. The number of nitrogens with zero attached hydrogens (tertiary/aromatic N) is 1. The van der Waals surface area contributed by atoms with E-state index < -0.39 is 5.97 Å². The van der Waals surface area contributed by atoms with Gasteiger partial charge in [-0.25, -0.2) is 9.78 Å². The van der Waals surface area contributed by atoms with Crippen molar-refractivity contribution in [2.24, 2.45) is 5.92 Å². The van der Waals surface area contributed by atoms with Crippen molar-refractivity contribution in [3.05, 3.63) is 34.9 Å². The van der Waals surface area contributed by atoms with Crippen LogP contribution < -0.4 is 14.2 Å². The number of hydrogen-bond acceptors (Lipinski definition) is 6. The van der Waals surface area contributed by atoms with E-state index in [9.17, 15) is 9.90 Å². The van der Waals surface area contributed by atoms with Crippen molar-refractivity contribution in [3.8, 4) is 28.6 Å². The third-order valence-electron chi connectivity index (χ3n) is 5.48. The number of methoxy groups -OCH3 is 3. The maximum absolute atomic E-state index is 11.7. The van der Waals surface area contributed by atoms with E-state index in [1.165, 1.54) is 7.11 Å². The van der Waals surface area contributed by atoms with Gasteiger partial charge in [0.15, 0.2) is 11.5 Å². The normalized spacial score (nSPS) is 14.8. The molecule has 0 saturated heterocycles. The Balaban J connectivity index is 2.12. The summed E-state index contributed by atoms with van der Waals surface area (Å²) >= 11 is 0. The van der Waals surface area contributed by atoms with E-state index in [2.05, 4.69) is 18.8 Å². The molecule has 3 rings (SSSR count). The molecule has 1 aliphatic carbocycles. The highest BCUT2D eigenvalue weighted by Gasteiger charge is 2.32. The highest BCUT2D eigenvalue weighted by Crippen LogP contribution is 2.46. The van der Waals surface area contributed by atoms with Crippen LogP contribution in [-0.2, 0) is 11.2 Å². The molecular formula is C23H29NO6. The molecule has 1 N–H and O–H groups in total. The minimum atomic E-state index is -1.05. The fourth-order valence-electron chi connectivity index (χ4n) is 3.91. The molecule has 7 nitrogen and oxygen atoms in total. The van der Waals surface area contributed by atoms with Gasteiger partial charge >= 0.3 is 5.97 Å². The number of pyridine rings is 1. The third-order valence-corrected chi connectivity index (χ3v) is 5.48. The first-order chi connectivity index (χ1) is 14.4. The number of aromatic nitrogens is 1. The van der Waals surface area contributed by atoms with Gasteiger partial charge in [-0.1, -0.05) is 13.8 Å². The number of rotatable bonds is 9. The summed E-state index contributed by atoms with van der Waals surface area (Å²) < 4.78 is 21.9. The van der Waals surface area contributed by atoms with Gasteiger partial charge < -0.3 is 24.1 Å². The Labute approximate surface area is 176 Å². The zero-order valence-corrected chi connectivity index (χ0v) is 18.2. The number of aromatic carboxylic acids is 1. The van der Waals surface area contributed by atoms with E-state index in [1.807, 2.05) is 12.1 Å². The fourth-order valence-corrected chi connectivity index (χ4v) is 3.91. The summed E-state index contributed by atoms with van der Waals surface area (Å²) in [6.07, 6.45) is 1.55. The van der Waals surface area contributed by atoms with Crippen LogP contribution >= 0.6 is 0 Å². The van der Waals surface area contributed by atoms with Crippen LogP contribution in [0.4, 0.5) is 0 Å². The molecule has 2 aromatic rings. The largest absolute Gasteiger partial charge is 0.493 e. The van der Waals surface area contributed by atoms with Gasteiger partial charge in [0, 0.05) is 25.7 Å². The lowest BCUT2D eigenvalue weighted by atomic mass is 9.75. The topological polar surface area (TPSA) is 87.1 Å². The molecule has 1 heterocycles. The summed E-state index contributed by atoms with van der Waals surface area (Å²) in [5.41, 5.74) is 3.75. The number of carbonyl (C=O) groups is 1. The average molecular weight is 415 g/mol. The number of hydrogen-bond donors (Lipinski definition) is 1. The predicted molar refractivity (Wildman–Crippen MR) is 113 cm³/mol. The number of benzene rings is 1. The summed E-state index contributed by atoms with van der Waals surface area (Å²) in [7, 11) is 4.70. The number of carboxylic acids is 1. The fraction of sp³-hybridized carbons (Fsp3) is 0.478. The van der Waals surface area contributed by atoms with Crippen molar-refractivity contribution in [3.63, 3.8) is 0 Å². The van der Waals surface area contributed by atoms with Crippen LogP contribution in [0.3, 0.4) is 0 Å². The minimum absolute atomic E-state index is 0.0791. The van der Waals surface area contributed by atoms with Crippen molar-refractivity contribution in [2.45, 2.75) is 32.6 Å². The first kappa shape index (κ1) is 21.9. The molecule has 7 heteroatoms. The maximum Gasteiger partial charge on any atom is 0.341 e. The van der Waals surface area contributed by atoms with Gasteiger partial charge in [0.25, 0.3) is 0 Å². The number of carboxylic acid groups (broad SMARTS) is 1. The smallest absolute Gasteiger partial charge is 0.341 e. The molecule has 0 bridgehead atoms. The summed E-state index contributed by atoms with van der Waals surface area (Å²) in [6, 6.07) is 5.64. The van der Waals surface area contributed by atoms with Crippen molar-refractivity contribution < 1.29 is 28.8 Å². The Morgan fingerprint density at radius 3 is 2.50 bits per heavy atom. The minimum Gasteiger partial charge on any atom is -0.493 e. The molecule has 1 aliphatic rings. The van der Waals surface area contributed by atoms with Crippen LogP contribution in [0.2, 0.25) is 0 Å². The van der Waals surface area contributed by atoms with E-state index >= 15 is 0 Å². The lowest BCUT2D eigenvalue weighted by Gasteiger charge is -2.31. The first-order valence-electron chi connectivity index (χ1n) is 10.1. The van der Waals surface area contributed by atoms with Crippen LogP contribution in [0.15, 0.2) is 18.2 Å². The van der Waals surface area contributed by atoms with Gasteiger partial charge in [0.05, 0.1) is 26.5 Å². The number of ether oxygens (including phenoxy) is 4. The lowest BCUT2D eigenvalue weighted by molar-refractivity contribution is 0.0692. The van der Waals surface area contributed by atoms with Crippen LogP contribution in [0.25, 0.3) is 11.3 Å². The predicted octanol–water partition coefficient (Wildman–Crippen LogP) is 4.18. The Morgan fingerprint density at radius 1 is 1.13 bits per heavy atom. The maximum atomic E-state index is 11.7. The van der Waals surface area contributed by atoms with Crippen LogP contribution in [0.1, 0.15) is 47.7 Å². The Kier molecular flexibility index (Phi) is 6.82. The molecule has 1 unspecified atom stereocenters. The highest BCUT2D eigenvalue weighted by atomic mass is 16.5. The quantitative estimate of drug-likeness (QED) is 0.615. The van der Waals surface area contributed by atoms with Crippen molar-refractivity contribution in [2.75, 3.05) is 34.5 Å². The lowest BCUT2D eigenvalue weighted by Crippen LogP contribution is -2.19. The van der Waals surface area contributed by atoms with Gasteiger partial charge in [0.2, 0.25) is 5.88 Å². The molecule has 162 valence electrons. The van der Waals surface area contributed by atoms with Gasteiger partial charge in [-0.3, -0.25) is 0 Å². The molecule has 0 radical (unpaired) electrons. The molecular weight excluding hydrogens is 386 g/mol. The molecule has 0 fully saturated rings. The Bertz CT molecular complexity index is 924. The summed E-state index contributed by atoms with van der Waals surface area (Å²) in [6.45, 7) is 5.43. The van der Waals surface area contributed by atoms with E-state index in [0.717, 1.165) is 35.2 Å². The molecule has 0 amide bonds. The van der Waals surface area contributed by atoms with E-state index in [-0.39, 0.29) is 17.4 Å². The van der Waals surface area contributed by atoms with Gasteiger partial charge in [-0.15, -0.1) is 0 Å². The zero-order chi connectivity index (χ0) is 21.8. The van der Waals surface area contributed by atoms with Gasteiger partial charge in [-0.05, 0) is 47.6 Å². The second-order valence-corrected chi connectivity index (χ2v) is 7.70. The second kappa shape index (κ2) is 9.34. The molecule has 1 atom stereocenters. The monoisotopic (exact) mass is 415 g/mol. The van der Waals surface area contributed by atoms with Crippen LogP contribution in [0.5, 0.6) is 17.4 Å². The molecule has 0 aliphatic heterocycles. The summed E-state index contributed by atoms with van der Waals surface area (Å²) in [4.78, 5) is 16.3. The third kappa shape index (κ3) is 4.21. The SMILES string of the molecule is COCCCOc1cc2c(cc1OC)-c1nc(OC)c(C(=O)O)cc1C(C(C)C)C2. The van der Waals surface area contributed by atoms with Crippen molar-refractivity contribution in [1.29, 1.82) is 0 Å². The standard InChI is InChI=1S/C23H29NO6/c1-13(2)15-9-14-10-20(30-8-6-7-27-3)19(28-4)12-16(14)21-17(15)11-18(23(25)26)22(24-21)29-5/h10-13,15H,6-9H2,1-5H3,(H,25,26). The Hall–Kier alpha value is -2.80. The second-order valence-electron chi connectivity index (χ2n) is 7.70. The molecule has 1 aromatic heterocycles. The van der Waals surface area contributed by atoms with E-state index in [1.54, 1.807) is 20.3 Å². The van der Waals surface area contributed by atoms with Gasteiger partial charge in [-0.2, -0.15) is 0 Å². The first-order valence-corrected chi connectivity index (χ1v) is 10.1. The Morgan fingerprint density at radius 2 is 1.90 bits per heavy atom. The van der Waals surface area contributed by atoms with E-state index in [4.69, 9.17) is 18.9 Å². The van der Waals surface area contributed by atoms with Crippen molar-refractivity contribution >= 4 is 5.97 Å². The summed E-state index contributed by atoms with van der Waals surface area (Å²) in [5, 5.41) is 9.59. The molecule has 1 aromatic carbocycles. The molecule has 30 heavy (non-hydrogen) atoms. The zero-order valence-electron chi connectivity index (χ0n) is 18.2. The van der Waals surface area contributed by atoms with Crippen LogP contribution in [-0.4, -0.2) is 50.6 Å². The highest BCUT2D eigenvalue weighted by molar-refractivity contribution is 5.92. The van der Waals surface area contributed by atoms with Gasteiger partial charge in [0.1, 0.15) is 5.56 Å². The van der Waals surface area contributed by atoms with E-state index in [0.29, 0.717) is 30.6 Å². The van der Waals surface area contributed by atoms with Crippen LogP contribution in [0, 0.1) is 5.92 Å². The average Bonchev–Trinajstić information content (AvgIpc) is 2.74. The summed E-state index contributed by atoms with van der Waals surface area (Å²) in [5.74, 6) is 0.805. The van der Waals surface area contributed by atoms with Crippen molar-refractivity contribution in [1.82, 2.24) is 4.98 Å². The molecule has 0 saturated carbocycles.